The summed E-state index contributed by atoms with van der Waals surface area (Å²) in [6.07, 6.45) is 0.456. The number of benzene rings is 1. The van der Waals surface area contributed by atoms with E-state index in [1.165, 1.54) is 17.0 Å². The third-order valence-electron chi connectivity index (χ3n) is 5.36. The topological polar surface area (TPSA) is 220 Å². The molecule has 0 bridgehead atoms. The first-order valence-electron chi connectivity index (χ1n) is 10.7. The lowest BCUT2D eigenvalue weighted by Gasteiger charge is -2.34. The number of aromatic nitrogens is 2. The van der Waals surface area contributed by atoms with Gasteiger partial charge in [-0.05, 0) is 37.1 Å². The standard InChI is InChI=1S/C21H25N7O7/c22-21-26-17-16(19(33)27-21)28(10-29)13(9-24-17)8-23-12-6-4-11(5-7-12)18(32)25-14(20(34)35)2-1-3-15(30)31/h4-7,10,13-14,23H,1-3,8-9H2,(H,25,32)(H,30,31)(H,34,35)(H4,22,24,26,27,33)/t13-,14+/m1/s1. The first-order valence-corrected chi connectivity index (χ1v) is 10.7. The highest BCUT2D eigenvalue weighted by molar-refractivity contribution is 5.96. The largest absolute Gasteiger partial charge is 0.481 e. The van der Waals surface area contributed by atoms with E-state index in [1.807, 2.05) is 0 Å². The predicted molar refractivity (Wildman–Crippen MR) is 125 cm³/mol. The van der Waals surface area contributed by atoms with Gasteiger partial charge in [0.05, 0.1) is 6.04 Å². The molecule has 14 nitrogen and oxygen atoms in total. The van der Waals surface area contributed by atoms with E-state index in [4.69, 9.17) is 10.8 Å². The van der Waals surface area contributed by atoms with Crippen LogP contribution in [0.3, 0.4) is 0 Å². The molecular weight excluding hydrogens is 462 g/mol. The second kappa shape index (κ2) is 11.0. The van der Waals surface area contributed by atoms with Crippen molar-refractivity contribution >= 4 is 47.4 Å². The quantitative estimate of drug-likeness (QED) is 0.203. The molecule has 8 N–H and O–H groups in total. The van der Waals surface area contributed by atoms with Gasteiger partial charge in [0, 0.05) is 30.8 Å². The van der Waals surface area contributed by atoms with Crippen LogP contribution in [0.15, 0.2) is 29.1 Å². The molecular formula is C21H25N7O7. The molecule has 0 spiro atoms. The number of carbonyl (C=O) groups is 4. The second-order valence-electron chi connectivity index (χ2n) is 7.80. The number of carboxylic acid groups (broad SMARTS) is 2. The van der Waals surface area contributed by atoms with Crippen LogP contribution in [0.1, 0.15) is 29.6 Å². The third-order valence-corrected chi connectivity index (χ3v) is 5.36. The van der Waals surface area contributed by atoms with Gasteiger partial charge in [-0.15, -0.1) is 0 Å². The maximum atomic E-state index is 12.4. The number of nitrogens with one attached hydrogen (secondary N) is 4. The minimum absolute atomic E-state index is 0.0102. The Hall–Kier alpha value is -4.62. The number of amides is 2. The van der Waals surface area contributed by atoms with Crippen LogP contribution < -0.4 is 32.1 Å². The fraction of sp³-hybridized carbons (Fsp3) is 0.333. The van der Waals surface area contributed by atoms with E-state index >= 15 is 0 Å². The fourth-order valence-electron chi connectivity index (χ4n) is 3.58. The van der Waals surface area contributed by atoms with Crippen molar-refractivity contribution in [3.8, 4) is 0 Å². The third kappa shape index (κ3) is 6.25. The summed E-state index contributed by atoms with van der Waals surface area (Å²) in [5.41, 5.74) is 5.90. The monoisotopic (exact) mass is 487 g/mol. The molecule has 3 rings (SSSR count). The Morgan fingerprint density at radius 2 is 1.97 bits per heavy atom. The van der Waals surface area contributed by atoms with Gasteiger partial charge in [-0.2, -0.15) is 4.98 Å². The SMILES string of the molecule is Nc1nc2c(c(=O)[nH]1)N(C=O)[C@H](CNc1ccc(C(=O)N[C@@H](CCCC(=O)O)C(=O)O)cc1)CN2. The van der Waals surface area contributed by atoms with Gasteiger partial charge in [0.2, 0.25) is 12.4 Å². The number of carbonyl (C=O) groups excluding carboxylic acids is 2. The average Bonchev–Trinajstić information content (AvgIpc) is 2.81. The summed E-state index contributed by atoms with van der Waals surface area (Å²) in [6, 6.07) is 4.59. The summed E-state index contributed by atoms with van der Waals surface area (Å²) < 4.78 is 0. The lowest BCUT2D eigenvalue weighted by atomic mass is 10.1. The summed E-state index contributed by atoms with van der Waals surface area (Å²) >= 11 is 0. The molecule has 0 unspecified atom stereocenters. The molecule has 0 fully saturated rings. The number of hydrogen-bond donors (Lipinski definition) is 7. The number of aromatic amines is 1. The van der Waals surface area contributed by atoms with Gasteiger partial charge in [0.1, 0.15) is 6.04 Å². The van der Waals surface area contributed by atoms with Gasteiger partial charge < -0.3 is 36.8 Å². The van der Waals surface area contributed by atoms with E-state index in [0.29, 0.717) is 18.6 Å². The summed E-state index contributed by atoms with van der Waals surface area (Å²) in [6.45, 7) is 0.582. The number of rotatable bonds is 11. The first kappa shape index (κ1) is 25.0. The van der Waals surface area contributed by atoms with Crippen LogP contribution in [0, 0.1) is 0 Å². The van der Waals surface area contributed by atoms with Crippen molar-refractivity contribution in [2.24, 2.45) is 0 Å². The van der Waals surface area contributed by atoms with Crippen molar-refractivity contribution in [2.45, 2.75) is 31.3 Å². The molecule has 14 heteroatoms. The van der Waals surface area contributed by atoms with Crippen molar-refractivity contribution < 1.29 is 29.4 Å². The zero-order valence-electron chi connectivity index (χ0n) is 18.5. The summed E-state index contributed by atoms with van der Waals surface area (Å²) in [7, 11) is 0. The molecule has 0 saturated carbocycles. The van der Waals surface area contributed by atoms with Crippen molar-refractivity contribution in [3.05, 3.63) is 40.2 Å². The van der Waals surface area contributed by atoms with Crippen LogP contribution in [-0.2, 0) is 14.4 Å². The number of H-pyrrole nitrogens is 1. The summed E-state index contributed by atoms with van der Waals surface area (Å²) in [4.78, 5) is 65.9. The van der Waals surface area contributed by atoms with E-state index in [1.54, 1.807) is 12.1 Å². The van der Waals surface area contributed by atoms with Gasteiger partial charge in [0.15, 0.2) is 11.5 Å². The molecule has 2 atom stereocenters. The Morgan fingerprint density at radius 1 is 1.26 bits per heavy atom. The molecule has 1 aromatic carbocycles. The molecule has 2 aromatic rings. The van der Waals surface area contributed by atoms with Crippen LogP contribution in [0.4, 0.5) is 23.1 Å². The Kier molecular flexibility index (Phi) is 7.86. The maximum absolute atomic E-state index is 12.4. The number of nitrogens with two attached hydrogens (primary N) is 1. The van der Waals surface area contributed by atoms with Crippen molar-refractivity contribution in [1.82, 2.24) is 15.3 Å². The molecule has 35 heavy (non-hydrogen) atoms. The minimum atomic E-state index is -1.25. The van der Waals surface area contributed by atoms with Crippen LogP contribution in [0.5, 0.6) is 0 Å². The van der Waals surface area contributed by atoms with E-state index in [0.717, 1.165) is 0 Å². The second-order valence-corrected chi connectivity index (χ2v) is 7.80. The molecule has 2 heterocycles. The van der Waals surface area contributed by atoms with Crippen LogP contribution >= 0.6 is 0 Å². The number of nitrogen functional groups attached to an aromatic ring is 1. The number of hydrogen-bond acceptors (Lipinski definition) is 9. The Balaban J connectivity index is 1.59. The number of nitrogens with zero attached hydrogens (tertiary/aromatic N) is 2. The van der Waals surface area contributed by atoms with E-state index in [-0.39, 0.29) is 48.8 Å². The minimum Gasteiger partial charge on any atom is -0.481 e. The normalized spacial score (nSPS) is 15.3. The van der Waals surface area contributed by atoms with E-state index < -0.39 is 35.5 Å². The lowest BCUT2D eigenvalue weighted by Crippen LogP contribution is -2.50. The van der Waals surface area contributed by atoms with Gasteiger partial charge in [-0.25, -0.2) is 4.79 Å². The Bertz CT molecular complexity index is 1170. The van der Waals surface area contributed by atoms with Crippen molar-refractivity contribution in [3.63, 3.8) is 0 Å². The highest BCUT2D eigenvalue weighted by atomic mass is 16.4. The molecule has 1 aliphatic heterocycles. The van der Waals surface area contributed by atoms with Crippen LogP contribution in [0.25, 0.3) is 0 Å². The van der Waals surface area contributed by atoms with Gasteiger partial charge >= 0.3 is 11.9 Å². The predicted octanol–water partition coefficient (Wildman–Crippen LogP) is -0.341. The molecule has 0 radical (unpaired) electrons. The molecule has 1 aliphatic rings. The van der Waals surface area contributed by atoms with Gasteiger partial charge in [-0.1, -0.05) is 0 Å². The molecule has 1 aromatic heterocycles. The van der Waals surface area contributed by atoms with E-state index in [9.17, 15) is 29.1 Å². The Morgan fingerprint density at radius 3 is 2.60 bits per heavy atom. The molecule has 2 amide bonds. The number of anilines is 4. The Labute approximate surface area is 198 Å². The molecule has 186 valence electrons. The van der Waals surface area contributed by atoms with Crippen molar-refractivity contribution in [1.29, 1.82) is 0 Å². The molecule has 0 aliphatic carbocycles. The maximum Gasteiger partial charge on any atom is 0.326 e. The van der Waals surface area contributed by atoms with Gasteiger partial charge in [-0.3, -0.25) is 24.2 Å². The zero-order chi connectivity index (χ0) is 25.5. The van der Waals surface area contributed by atoms with Gasteiger partial charge in [0.25, 0.3) is 11.5 Å². The molecule has 0 saturated heterocycles. The number of aliphatic carboxylic acids is 2. The highest BCUT2D eigenvalue weighted by Gasteiger charge is 2.29. The lowest BCUT2D eigenvalue weighted by molar-refractivity contribution is -0.140. The average molecular weight is 487 g/mol. The highest BCUT2D eigenvalue weighted by Crippen LogP contribution is 2.25. The van der Waals surface area contributed by atoms with E-state index in [2.05, 4.69) is 25.9 Å². The van der Waals surface area contributed by atoms with Crippen molar-refractivity contribution in [2.75, 3.05) is 34.4 Å². The summed E-state index contributed by atoms with van der Waals surface area (Å²) in [5, 5.41) is 26.4. The van der Waals surface area contributed by atoms with Crippen LogP contribution in [0.2, 0.25) is 0 Å². The first-order chi connectivity index (χ1) is 16.7. The number of carboxylic acids is 2. The fourth-order valence-corrected chi connectivity index (χ4v) is 3.58. The summed E-state index contributed by atoms with van der Waals surface area (Å²) in [5.74, 6) is -2.75. The number of fused-ring (bicyclic) bond motifs is 1. The zero-order valence-corrected chi connectivity index (χ0v) is 18.5. The smallest absolute Gasteiger partial charge is 0.326 e. The van der Waals surface area contributed by atoms with Crippen LogP contribution in [-0.4, -0.2) is 69.6 Å².